The fourth-order valence-corrected chi connectivity index (χ4v) is 4.97. The number of hydrogen-bond acceptors (Lipinski definition) is 5. The summed E-state index contributed by atoms with van der Waals surface area (Å²) in [6.45, 7) is 14.9. The van der Waals surface area contributed by atoms with Crippen LogP contribution >= 0.6 is 22.9 Å². The zero-order valence-corrected chi connectivity index (χ0v) is 21.3. The van der Waals surface area contributed by atoms with Crippen molar-refractivity contribution in [3.8, 4) is 11.3 Å². The lowest BCUT2D eigenvalue weighted by Gasteiger charge is -2.30. The Balaban J connectivity index is 1.83. The third-order valence-corrected chi connectivity index (χ3v) is 7.74. The fraction of sp³-hybridized carbons (Fsp3) is 0.619. The maximum atomic E-state index is 12.6. The summed E-state index contributed by atoms with van der Waals surface area (Å²) < 4.78 is 14.2. The van der Waals surface area contributed by atoms with Crippen LogP contribution in [0.1, 0.15) is 32.0 Å². The molecule has 0 bridgehead atoms. The quantitative estimate of drug-likeness (QED) is 0.392. The Kier molecular flexibility index (Phi) is 7.01. The van der Waals surface area contributed by atoms with E-state index in [0.29, 0.717) is 30.6 Å². The van der Waals surface area contributed by atoms with Crippen molar-refractivity contribution in [2.75, 3.05) is 13.2 Å². The highest BCUT2D eigenvalue weighted by molar-refractivity contribution is 7.15. The zero-order valence-electron chi connectivity index (χ0n) is 18.7. The number of carbonyl (C=O) groups is 1. The summed E-state index contributed by atoms with van der Waals surface area (Å²) in [5, 5.41) is 6.80. The van der Waals surface area contributed by atoms with Crippen molar-refractivity contribution >= 4 is 37.1 Å². The topological polar surface area (TPSA) is 56.6 Å². The van der Waals surface area contributed by atoms with E-state index in [0.717, 1.165) is 35.2 Å². The van der Waals surface area contributed by atoms with E-state index >= 15 is 0 Å². The number of carbonyl (C=O) groups excluding carboxylic acids is 1. The molecular formula is C21H32ClN3O3SSi. The van der Waals surface area contributed by atoms with Gasteiger partial charge in [0.25, 0.3) is 0 Å². The summed E-state index contributed by atoms with van der Waals surface area (Å²) in [5.74, 6) is 0. The molecule has 0 saturated carbocycles. The Hall–Kier alpha value is -1.35. The molecular weight excluding hydrogens is 438 g/mol. The fourth-order valence-electron chi connectivity index (χ4n) is 3.29. The number of thiophene rings is 1. The van der Waals surface area contributed by atoms with Crippen LogP contribution in [0.3, 0.4) is 0 Å². The molecule has 2 aromatic rings. The van der Waals surface area contributed by atoms with Gasteiger partial charge in [0.15, 0.2) is 0 Å². The lowest BCUT2D eigenvalue weighted by Crippen LogP contribution is -2.40. The minimum absolute atomic E-state index is 0.297. The SMILES string of the molecule is CC(C)(C)OC(=O)N1CCc2c(c(-c3ccsc3Cl)nn2COCC[Si](C)(C)C)C1. The Morgan fingerprint density at radius 3 is 2.67 bits per heavy atom. The number of halogens is 1. The molecule has 166 valence electrons. The second-order valence-electron chi connectivity index (χ2n) is 9.88. The lowest BCUT2D eigenvalue weighted by molar-refractivity contribution is 0.0219. The smallest absolute Gasteiger partial charge is 0.410 e. The van der Waals surface area contributed by atoms with E-state index in [-0.39, 0.29) is 6.09 Å². The van der Waals surface area contributed by atoms with Gasteiger partial charge in [-0.1, -0.05) is 31.2 Å². The second kappa shape index (κ2) is 9.02. The maximum absolute atomic E-state index is 12.6. The Bertz CT molecular complexity index is 898. The number of fused-ring (bicyclic) bond motifs is 1. The maximum Gasteiger partial charge on any atom is 0.410 e. The molecule has 3 rings (SSSR count). The highest BCUT2D eigenvalue weighted by Crippen LogP contribution is 2.37. The number of aromatic nitrogens is 2. The molecule has 0 unspecified atom stereocenters. The first-order valence-electron chi connectivity index (χ1n) is 10.3. The molecule has 30 heavy (non-hydrogen) atoms. The van der Waals surface area contributed by atoms with Crippen molar-refractivity contribution in [1.82, 2.24) is 14.7 Å². The molecule has 0 radical (unpaired) electrons. The molecule has 0 fully saturated rings. The minimum atomic E-state index is -1.14. The molecule has 1 aliphatic rings. The molecule has 1 amide bonds. The lowest BCUT2D eigenvalue weighted by atomic mass is 10.0. The molecule has 0 spiro atoms. The molecule has 2 aromatic heterocycles. The van der Waals surface area contributed by atoms with Crippen molar-refractivity contribution < 1.29 is 14.3 Å². The predicted octanol–water partition coefficient (Wildman–Crippen LogP) is 5.87. The summed E-state index contributed by atoms with van der Waals surface area (Å²) in [6, 6.07) is 3.10. The van der Waals surface area contributed by atoms with Crippen LogP contribution in [-0.2, 0) is 29.2 Å². The van der Waals surface area contributed by atoms with E-state index < -0.39 is 13.7 Å². The predicted molar refractivity (Wildman–Crippen MR) is 125 cm³/mol. The molecule has 0 aliphatic carbocycles. The number of hydrogen-bond donors (Lipinski definition) is 0. The highest BCUT2D eigenvalue weighted by Gasteiger charge is 2.31. The van der Waals surface area contributed by atoms with Gasteiger partial charge in [0.05, 0.1) is 6.54 Å². The van der Waals surface area contributed by atoms with Gasteiger partial charge in [0, 0.05) is 44.5 Å². The van der Waals surface area contributed by atoms with Crippen molar-refractivity contribution in [2.24, 2.45) is 0 Å². The third kappa shape index (κ3) is 5.87. The van der Waals surface area contributed by atoms with E-state index in [1.54, 1.807) is 4.90 Å². The van der Waals surface area contributed by atoms with Crippen molar-refractivity contribution in [3.05, 3.63) is 27.0 Å². The monoisotopic (exact) mass is 469 g/mol. The Morgan fingerprint density at radius 1 is 1.33 bits per heavy atom. The van der Waals surface area contributed by atoms with Gasteiger partial charge in [-0.2, -0.15) is 5.10 Å². The van der Waals surface area contributed by atoms with Crippen LogP contribution in [0.4, 0.5) is 4.79 Å². The average Bonchev–Trinajstić information content (AvgIpc) is 3.19. The first-order chi connectivity index (χ1) is 13.9. The normalized spacial score (nSPS) is 14.7. The standard InChI is InChI=1S/C21H32ClN3O3SSi/c1-21(2,3)28-20(26)24-9-7-17-16(13-24)18(15-8-11-29-19(15)22)23-25(17)14-27-10-12-30(4,5)6/h8,11H,7,9-10,12-14H2,1-6H3. The van der Waals surface area contributed by atoms with Crippen LogP contribution in [0.25, 0.3) is 11.3 Å². The number of rotatable bonds is 6. The van der Waals surface area contributed by atoms with Gasteiger partial charge in [0.2, 0.25) is 0 Å². The summed E-state index contributed by atoms with van der Waals surface area (Å²) >= 11 is 7.91. The average molecular weight is 470 g/mol. The first-order valence-corrected chi connectivity index (χ1v) is 15.3. The summed E-state index contributed by atoms with van der Waals surface area (Å²) in [5.41, 5.74) is 3.36. The third-order valence-electron chi connectivity index (χ3n) is 4.87. The van der Waals surface area contributed by atoms with Gasteiger partial charge in [0.1, 0.15) is 22.4 Å². The van der Waals surface area contributed by atoms with Gasteiger partial charge < -0.3 is 14.4 Å². The van der Waals surface area contributed by atoms with Crippen LogP contribution in [-0.4, -0.2) is 47.6 Å². The first kappa shape index (κ1) is 23.3. The van der Waals surface area contributed by atoms with E-state index in [4.69, 9.17) is 26.2 Å². The summed E-state index contributed by atoms with van der Waals surface area (Å²) in [4.78, 5) is 14.4. The van der Waals surface area contributed by atoms with Gasteiger partial charge in [-0.15, -0.1) is 11.3 Å². The summed E-state index contributed by atoms with van der Waals surface area (Å²) in [6.07, 6.45) is 0.412. The van der Waals surface area contributed by atoms with Crippen LogP contribution in [0, 0.1) is 0 Å². The zero-order chi connectivity index (χ0) is 22.1. The highest BCUT2D eigenvalue weighted by atomic mass is 35.5. The van der Waals surface area contributed by atoms with Gasteiger partial charge in [-0.3, -0.25) is 0 Å². The van der Waals surface area contributed by atoms with Crippen molar-refractivity contribution in [3.63, 3.8) is 0 Å². The summed E-state index contributed by atoms with van der Waals surface area (Å²) in [7, 11) is -1.14. The van der Waals surface area contributed by atoms with Gasteiger partial charge >= 0.3 is 6.09 Å². The van der Waals surface area contributed by atoms with E-state index in [9.17, 15) is 4.79 Å². The molecule has 0 atom stereocenters. The van der Waals surface area contributed by atoms with E-state index in [1.807, 2.05) is 36.9 Å². The van der Waals surface area contributed by atoms with Gasteiger partial charge in [-0.05, 0) is 38.3 Å². The molecule has 3 heterocycles. The van der Waals surface area contributed by atoms with Crippen LogP contribution in [0.15, 0.2) is 11.4 Å². The number of ether oxygens (including phenoxy) is 2. The number of amides is 1. The molecule has 1 aliphatic heterocycles. The molecule has 9 heteroatoms. The Labute approximate surface area is 189 Å². The molecule has 0 N–H and O–H groups in total. The molecule has 0 saturated heterocycles. The number of nitrogens with zero attached hydrogens (tertiary/aromatic N) is 3. The minimum Gasteiger partial charge on any atom is -0.444 e. The largest absolute Gasteiger partial charge is 0.444 e. The van der Waals surface area contributed by atoms with E-state index in [1.165, 1.54) is 11.3 Å². The van der Waals surface area contributed by atoms with Crippen LogP contribution in [0.2, 0.25) is 30.0 Å². The van der Waals surface area contributed by atoms with Gasteiger partial charge in [-0.25, -0.2) is 9.48 Å². The van der Waals surface area contributed by atoms with Crippen LogP contribution in [0.5, 0.6) is 0 Å². The van der Waals surface area contributed by atoms with E-state index in [2.05, 4.69) is 19.6 Å². The molecule has 6 nitrogen and oxygen atoms in total. The second-order valence-corrected chi connectivity index (χ2v) is 17.0. The van der Waals surface area contributed by atoms with Crippen molar-refractivity contribution in [1.29, 1.82) is 0 Å². The van der Waals surface area contributed by atoms with Crippen molar-refractivity contribution in [2.45, 2.75) is 71.8 Å². The van der Waals surface area contributed by atoms with Crippen LogP contribution < -0.4 is 0 Å². The molecule has 0 aromatic carbocycles. The Morgan fingerprint density at radius 2 is 2.07 bits per heavy atom.